The lowest BCUT2D eigenvalue weighted by molar-refractivity contribution is -0.118. The molecular weight excluding hydrogens is 401 g/mol. The number of hydrogen-bond donors (Lipinski definition) is 1. The van der Waals surface area contributed by atoms with Crippen LogP contribution in [0.2, 0.25) is 5.02 Å². The summed E-state index contributed by atoms with van der Waals surface area (Å²) in [7, 11) is 0. The fourth-order valence-corrected chi connectivity index (χ4v) is 3.87. The zero-order valence-corrected chi connectivity index (χ0v) is 17.1. The fraction of sp³-hybridized carbons (Fsp3) is 0.368. The number of carbonyl (C=O) groups is 1. The molecule has 1 fully saturated rings. The van der Waals surface area contributed by atoms with Gasteiger partial charge >= 0.3 is 0 Å². The molecule has 0 aliphatic heterocycles. The van der Waals surface area contributed by atoms with Gasteiger partial charge in [0.1, 0.15) is 5.82 Å². The van der Waals surface area contributed by atoms with E-state index in [1.54, 1.807) is 16.6 Å². The number of thioether (sulfide) groups is 1. The molecule has 146 valence electrons. The molecule has 9 heteroatoms. The minimum Gasteiger partial charge on any atom is -0.353 e. The first-order valence-electron chi connectivity index (χ1n) is 9.00. The van der Waals surface area contributed by atoms with Crippen LogP contribution in [-0.4, -0.2) is 37.3 Å². The van der Waals surface area contributed by atoms with Crippen LogP contribution in [-0.2, 0) is 11.2 Å². The lowest BCUT2D eigenvalue weighted by Gasteiger charge is -2.12. The number of nitrogens with zero attached hydrogens (tertiary/aromatic N) is 4. The lowest BCUT2D eigenvalue weighted by Crippen LogP contribution is -2.27. The van der Waals surface area contributed by atoms with Gasteiger partial charge in [0.2, 0.25) is 11.1 Å². The van der Waals surface area contributed by atoms with E-state index >= 15 is 0 Å². The van der Waals surface area contributed by atoms with Crippen molar-refractivity contribution in [2.45, 2.75) is 44.3 Å². The summed E-state index contributed by atoms with van der Waals surface area (Å²) in [5.41, 5.74) is 2.86. The van der Waals surface area contributed by atoms with E-state index in [9.17, 15) is 9.18 Å². The zero-order chi connectivity index (χ0) is 19.8. The maximum Gasteiger partial charge on any atom is 0.253 e. The molecule has 0 saturated heterocycles. The predicted octanol–water partition coefficient (Wildman–Crippen LogP) is 3.50. The summed E-state index contributed by atoms with van der Waals surface area (Å²) in [6.45, 7) is 3.76. The quantitative estimate of drug-likeness (QED) is 0.619. The number of rotatable bonds is 6. The first-order valence-corrected chi connectivity index (χ1v) is 10.4. The summed E-state index contributed by atoms with van der Waals surface area (Å²) in [6.07, 6.45) is 2.43. The Kier molecular flexibility index (Phi) is 5.25. The monoisotopic (exact) mass is 419 g/mol. The van der Waals surface area contributed by atoms with Gasteiger partial charge in [-0.05, 0) is 44.4 Å². The third kappa shape index (κ3) is 3.98. The smallest absolute Gasteiger partial charge is 0.253 e. The second kappa shape index (κ2) is 7.67. The third-order valence-corrected chi connectivity index (χ3v) is 5.91. The summed E-state index contributed by atoms with van der Waals surface area (Å²) in [4.78, 5) is 20.8. The SMILES string of the molecule is Cc1nc2nc(SCC(=O)NC3CC3)nn2c(C)c1Cc1c(F)cccc1Cl. The van der Waals surface area contributed by atoms with Gasteiger partial charge in [0, 0.05) is 34.4 Å². The minimum atomic E-state index is -0.345. The number of fused-ring (bicyclic) bond motifs is 1. The highest BCUT2D eigenvalue weighted by molar-refractivity contribution is 7.99. The average Bonchev–Trinajstić information content (AvgIpc) is 3.36. The van der Waals surface area contributed by atoms with Gasteiger partial charge in [-0.15, -0.1) is 5.10 Å². The maximum absolute atomic E-state index is 14.2. The Bertz CT molecular complexity index is 1050. The summed E-state index contributed by atoms with van der Waals surface area (Å²) in [6, 6.07) is 4.99. The van der Waals surface area contributed by atoms with Crippen LogP contribution < -0.4 is 5.32 Å². The number of carbonyl (C=O) groups excluding carboxylic acids is 1. The van der Waals surface area contributed by atoms with E-state index < -0.39 is 0 Å². The summed E-state index contributed by atoms with van der Waals surface area (Å²) >= 11 is 7.46. The number of hydrogen-bond acceptors (Lipinski definition) is 5. The molecule has 4 rings (SSSR count). The van der Waals surface area contributed by atoms with Crippen LogP contribution in [0.3, 0.4) is 0 Å². The molecule has 2 aromatic heterocycles. The van der Waals surface area contributed by atoms with Crippen molar-refractivity contribution in [3.63, 3.8) is 0 Å². The molecule has 0 bridgehead atoms. The first-order chi connectivity index (χ1) is 13.4. The van der Waals surface area contributed by atoms with E-state index in [2.05, 4.69) is 20.4 Å². The Hall–Kier alpha value is -2.19. The largest absolute Gasteiger partial charge is 0.353 e. The van der Waals surface area contributed by atoms with E-state index in [1.807, 2.05) is 13.8 Å². The Morgan fingerprint density at radius 3 is 2.82 bits per heavy atom. The highest BCUT2D eigenvalue weighted by Gasteiger charge is 2.23. The highest BCUT2D eigenvalue weighted by Crippen LogP contribution is 2.26. The fourth-order valence-electron chi connectivity index (χ4n) is 3.01. The number of aromatic nitrogens is 4. The zero-order valence-electron chi connectivity index (χ0n) is 15.5. The van der Waals surface area contributed by atoms with E-state index in [-0.39, 0.29) is 17.5 Å². The first kappa shape index (κ1) is 19.1. The molecule has 1 N–H and O–H groups in total. The van der Waals surface area contributed by atoms with Crippen molar-refractivity contribution in [1.82, 2.24) is 24.9 Å². The maximum atomic E-state index is 14.2. The average molecular weight is 420 g/mol. The molecule has 0 spiro atoms. The second-order valence-electron chi connectivity index (χ2n) is 6.87. The number of halogens is 2. The van der Waals surface area contributed by atoms with E-state index in [1.165, 1.54) is 17.8 Å². The Labute approximate surface area is 170 Å². The predicted molar refractivity (Wildman–Crippen MR) is 106 cm³/mol. The molecule has 6 nitrogen and oxygen atoms in total. The van der Waals surface area contributed by atoms with Crippen molar-refractivity contribution in [3.05, 3.63) is 51.6 Å². The van der Waals surface area contributed by atoms with E-state index in [0.717, 1.165) is 29.8 Å². The van der Waals surface area contributed by atoms with Crippen molar-refractivity contribution < 1.29 is 9.18 Å². The molecule has 2 heterocycles. The van der Waals surface area contributed by atoms with Gasteiger partial charge in [0.15, 0.2) is 0 Å². The molecule has 1 amide bonds. The normalized spacial score (nSPS) is 13.9. The van der Waals surface area contributed by atoms with E-state index in [4.69, 9.17) is 11.6 Å². The standard InChI is InChI=1S/C19H19ClFN5OS/c1-10-13(8-14-15(20)4-3-5-16(14)21)11(2)26-18(22-10)24-19(25-26)28-9-17(27)23-12-6-7-12/h3-5,12H,6-9H2,1-2H3,(H,23,27). The van der Waals surface area contributed by atoms with Gasteiger partial charge < -0.3 is 5.32 Å². The van der Waals surface area contributed by atoms with Gasteiger partial charge in [-0.1, -0.05) is 29.4 Å². The van der Waals surface area contributed by atoms with Crippen molar-refractivity contribution in [1.29, 1.82) is 0 Å². The molecule has 0 atom stereocenters. The van der Waals surface area contributed by atoms with Gasteiger partial charge in [-0.3, -0.25) is 4.79 Å². The molecule has 0 unspecified atom stereocenters. The molecule has 0 radical (unpaired) electrons. The van der Waals surface area contributed by atoms with Crippen LogP contribution in [0.4, 0.5) is 4.39 Å². The van der Waals surface area contributed by atoms with Gasteiger partial charge in [0.05, 0.1) is 5.75 Å². The molecule has 1 aromatic carbocycles. The van der Waals surface area contributed by atoms with Crippen molar-refractivity contribution in [2.75, 3.05) is 5.75 Å². The van der Waals surface area contributed by atoms with Crippen molar-refractivity contribution in [2.24, 2.45) is 0 Å². The summed E-state index contributed by atoms with van der Waals surface area (Å²) < 4.78 is 15.8. The van der Waals surface area contributed by atoms with Crippen LogP contribution >= 0.6 is 23.4 Å². The highest BCUT2D eigenvalue weighted by atomic mass is 35.5. The van der Waals surface area contributed by atoms with Crippen LogP contribution in [0.1, 0.15) is 35.4 Å². The van der Waals surface area contributed by atoms with Gasteiger partial charge in [-0.2, -0.15) is 4.98 Å². The van der Waals surface area contributed by atoms with Crippen LogP contribution in [0.15, 0.2) is 23.4 Å². The van der Waals surface area contributed by atoms with Gasteiger partial charge in [-0.25, -0.2) is 13.9 Å². The third-order valence-electron chi connectivity index (χ3n) is 4.72. The molecule has 1 aliphatic rings. The number of benzene rings is 1. The number of aryl methyl sites for hydroxylation is 2. The summed E-state index contributed by atoms with van der Waals surface area (Å²) in [5.74, 6) is 0.372. The molecule has 1 saturated carbocycles. The molecule has 3 aromatic rings. The summed E-state index contributed by atoms with van der Waals surface area (Å²) in [5, 5.41) is 8.28. The number of nitrogens with one attached hydrogen (secondary N) is 1. The topological polar surface area (TPSA) is 72.2 Å². The molecule has 1 aliphatic carbocycles. The van der Waals surface area contributed by atoms with Crippen LogP contribution in [0, 0.1) is 19.7 Å². The van der Waals surface area contributed by atoms with Crippen LogP contribution in [0.25, 0.3) is 5.78 Å². The Morgan fingerprint density at radius 1 is 1.32 bits per heavy atom. The number of amides is 1. The van der Waals surface area contributed by atoms with Crippen molar-refractivity contribution >= 4 is 35.0 Å². The molecule has 28 heavy (non-hydrogen) atoms. The second-order valence-corrected chi connectivity index (χ2v) is 8.22. The Morgan fingerprint density at radius 2 is 2.11 bits per heavy atom. The van der Waals surface area contributed by atoms with Gasteiger partial charge in [0.25, 0.3) is 5.78 Å². The minimum absolute atomic E-state index is 0.0119. The Balaban J connectivity index is 1.59. The van der Waals surface area contributed by atoms with E-state index in [0.29, 0.717) is 34.0 Å². The van der Waals surface area contributed by atoms with Crippen LogP contribution in [0.5, 0.6) is 0 Å². The molecular formula is C19H19ClFN5OS. The van der Waals surface area contributed by atoms with Crippen molar-refractivity contribution in [3.8, 4) is 0 Å². The lowest BCUT2D eigenvalue weighted by atomic mass is 10.0.